The van der Waals surface area contributed by atoms with Gasteiger partial charge >= 0.3 is 0 Å². The number of anilines is 1. The first-order valence-corrected chi connectivity index (χ1v) is 8.45. The van der Waals surface area contributed by atoms with Crippen LogP contribution < -0.4 is 21.3 Å². The second-order valence-corrected chi connectivity index (χ2v) is 6.46. The van der Waals surface area contributed by atoms with Crippen molar-refractivity contribution < 1.29 is 14.3 Å². The van der Waals surface area contributed by atoms with E-state index in [1.54, 1.807) is 30.5 Å². The van der Waals surface area contributed by atoms with Gasteiger partial charge in [-0.25, -0.2) is 4.98 Å². The van der Waals surface area contributed by atoms with E-state index < -0.39 is 17.4 Å². The molecule has 0 radical (unpaired) electrons. The minimum absolute atomic E-state index is 0.00264. The van der Waals surface area contributed by atoms with Crippen molar-refractivity contribution >= 4 is 29.0 Å². The second-order valence-electron chi connectivity index (χ2n) is 5.48. The number of fused-ring (bicyclic) bond motifs is 1. The molecule has 1 aliphatic rings. The number of nitrogen functional groups attached to an aromatic ring is 1. The molecule has 0 bridgehead atoms. The quantitative estimate of drug-likeness (QED) is 0.671. The summed E-state index contributed by atoms with van der Waals surface area (Å²) in [7, 11) is 0. The van der Waals surface area contributed by atoms with E-state index in [2.05, 4.69) is 10.3 Å². The van der Waals surface area contributed by atoms with Gasteiger partial charge in [-0.2, -0.15) is 0 Å². The number of amides is 2. The Balaban J connectivity index is 1.66. The van der Waals surface area contributed by atoms with Gasteiger partial charge in [0.25, 0.3) is 17.4 Å². The van der Waals surface area contributed by atoms with Crippen LogP contribution >= 0.6 is 11.3 Å². The van der Waals surface area contributed by atoms with Crippen LogP contribution in [0.25, 0.3) is 5.69 Å². The third-order valence-electron chi connectivity index (χ3n) is 3.89. The van der Waals surface area contributed by atoms with Crippen molar-refractivity contribution in [2.75, 3.05) is 5.73 Å². The van der Waals surface area contributed by atoms with Crippen molar-refractivity contribution in [1.29, 1.82) is 0 Å². The topological polar surface area (TPSA) is 116 Å². The number of pyridine rings is 1. The predicted octanol–water partition coefficient (Wildman–Crippen LogP) is 1.34. The number of carbonyl (C=O) groups excluding carboxylic acids is 2. The summed E-state index contributed by atoms with van der Waals surface area (Å²) in [6.07, 6.45) is 1.70. The fourth-order valence-electron chi connectivity index (χ4n) is 2.71. The molecule has 8 nitrogen and oxygen atoms in total. The van der Waals surface area contributed by atoms with Crippen molar-refractivity contribution in [3.63, 3.8) is 0 Å². The summed E-state index contributed by atoms with van der Waals surface area (Å²) in [5.41, 5.74) is 5.97. The van der Waals surface area contributed by atoms with Crippen molar-refractivity contribution in [2.45, 2.75) is 6.61 Å². The van der Waals surface area contributed by atoms with Gasteiger partial charge < -0.3 is 10.5 Å². The zero-order valence-corrected chi connectivity index (χ0v) is 14.1. The molecule has 0 spiro atoms. The average Bonchev–Trinajstić information content (AvgIpc) is 3.22. The number of nitrogens with one attached hydrogen (secondary N) is 1. The normalized spacial score (nSPS) is 12.8. The first-order valence-electron chi connectivity index (χ1n) is 7.57. The molecule has 2 aromatic heterocycles. The maximum absolute atomic E-state index is 12.4. The number of hydrogen-bond acceptors (Lipinski definition) is 7. The number of thiazole rings is 1. The zero-order valence-electron chi connectivity index (χ0n) is 13.3. The van der Waals surface area contributed by atoms with Crippen LogP contribution in [-0.2, 0) is 6.61 Å². The number of nitrogens with two attached hydrogens (primary N) is 1. The van der Waals surface area contributed by atoms with Gasteiger partial charge in [0.05, 0.1) is 16.8 Å². The molecule has 2 amide bonds. The Bertz CT molecular complexity index is 1070. The SMILES string of the molecule is Nc1c2c(cc(=O)n1-c1ccc(OCc3nccs3)cc1)C(=O)NC2=O. The fourth-order valence-corrected chi connectivity index (χ4v) is 3.23. The highest BCUT2D eigenvalue weighted by Crippen LogP contribution is 2.24. The zero-order chi connectivity index (χ0) is 18.3. The summed E-state index contributed by atoms with van der Waals surface area (Å²) >= 11 is 1.49. The Morgan fingerprint density at radius 2 is 1.92 bits per heavy atom. The lowest BCUT2D eigenvalue weighted by Crippen LogP contribution is -2.24. The van der Waals surface area contributed by atoms with E-state index in [1.165, 1.54) is 15.9 Å². The van der Waals surface area contributed by atoms with Gasteiger partial charge in [0.15, 0.2) is 0 Å². The molecule has 3 N–H and O–H groups in total. The largest absolute Gasteiger partial charge is 0.486 e. The summed E-state index contributed by atoms with van der Waals surface area (Å²) in [4.78, 5) is 40.1. The summed E-state index contributed by atoms with van der Waals surface area (Å²) in [6.45, 7) is 0.347. The third-order valence-corrected chi connectivity index (χ3v) is 4.65. The highest BCUT2D eigenvalue weighted by Gasteiger charge is 2.31. The number of benzene rings is 1. The standard InChI is InChI=1S/C17H12N4O4S/c18-15-14-11(16(23)20-17(14)24)7-13(22)21(15)9-1-3-10(4-2-9)25-8-12-19-5-6-26-12/h1-7H,8,18H2,(H,20,23,24). The first kappa shape index (κ1) is 16.0. The molecule has 1 aromatic carbocycles. The number of ether oxygens (including phenoxy) is 1. The van der Waals surface area contributed by atoms with E-state index in [0.29, 0.717) is 18.0 Å². The predicted molar refractivity (Wildman–Crippen MR) is 94.7 cm³/mol. The Hall–Kier alpha value is -3.46. The number of aromatic nitrogens is 2. The van der Waals surface area contributed by atoms with Crippen molar-refractivity contribution in [3.8, 4) is 11.4 Å². The van der Waals surface area contributed by atoms with Crippen molar-refractivity contribution in [2.24, 2.45) is 0 Å². The van der Waals surface area contributed by atoms with Crippen LogP contribution in [0.3, 0.4) is 0 Å². The van der Waals surface area contributed by atoms with E-state index in [0.717, 1.165) is 11.1 Å². The van der Waals surface area contributed by atoms with Crippen molar-refractivity contribution in [1.82, 2.24) is 14.9 Å². The van der Waals surface area contributed by atoms with Crippen LogP contribution in [0.5, 0.6) is 5.75 Å². The molecular formula is C17H12N4O4S. The van der Waals surface area contributed by atoms with Gasteiger partial charge in [-0.05, 0) is 24.3 Å². The maximum Gasteiger partial charge on any atom is 0.262 e. The molecule has 9 heteroatoms. The second kappa shape index (κ2) is 6.12. The minimum Gasteiger partial charge on any atom is -0.486 e. The van der Waals surface area contributed by atoms with E-state index in [9.17, 15) is 14.4 Å². The van der Waals surface area contributed by atoms with Gasteiger partial charge in [-0.1, -0.05) is 0 Å². The number of hydrogen-bond donors (Lipinski definition) is 2. The van der Waals surface area contributed by atoms with E-state index >= 15 is 0 Å². The van der Waals surface area contributed by atoms with Crippen LogP contribution in [0.4, 0.5) is 5.82 Å². The monoisotopic (exact) mass is 368 g/mol. The molecule has 0 unspecified atom stereocenters. The van der Waals surface area contributed by atoms with E-state index in [4.69, 9.17) is 10.5 Å². The Morgan fingerprint density at radius 1 is 1.15 bits per heavy atom. The summed E-state index contributed by atoms with van der Waals surface area (Å²) < 4.78 is 6.81. The van der Waals surface area contributed by atoms with Gasteiger partial charge in [0, 0.05) is 17.6 Å². The third kappa shape index (κ3) is 2.64. The molecule has 0 saturated carbocycles. The molecule has 0 aliphatic carbocycles. The summed E-state index contributed by atoms with van der Waals surface area (Å²) in [6, 6.07) is 7.78. The lowest BCUT2D eigenvalue weighted by atomic mass is 10.1. The smallest absolute Gasteiger partial charge is 0.262 e. The molecule has 4 rings (SSSR count). The lowest BCUT2D eigenvalue weighted by Gasteiger charge is -2.12. The molecule has 0 fully saturated rings. The van der Waals surface area contributed by atoms with E-state index in [1.807, 2.05) is 5.38 Å². The average molecular weight is 368 g/mol. The van der Waals surface area contributed by atoms with Gasteiger partial charge in [-0.15, -0.1) is 11.3 Å². The molecule has 3 heterocycles. The van der Waals surface area contributed by atoms with Crippen LogP contribution in [-0.4, -0.2) is 21.4 Å². The highest BCUT2D eigenvalue weighted by molar-refractivity contribution is 7.09. The minimum atomic E-state index is -0.619. The number of nitrogens with zero attached hydrogens (tertiary/aromatic N) is 2. The Kier molecular flexibility index (Phi) is 3.77. The Morgan fingerprint density at radius 3 is 2.62 bits per heavy atom. The highest BCUT2D eigenvalue weighted by atomic mass is 32.1. The van der Waals surface area contributed by atoms with Crippen LogP contribution in [0.15, 0.2) is 46.7 Å². The molecule has 0 atom stereocenters. The molecule has 0 saturated heterocycles. The van der Waals surface area contributed by atoms with Gasteiger partial charge in [0.1, 0.15) is 23.2 Å². The van der Waals surface area contributed by atoms with Crippen molar-refractivity contribution in [3.05, 3.63) is 68.4 Å². The Labute approximate surface area is 150 Å². The van der Waals surface area contributed by atoms with Crippen LogP contribution in [0.2, 0.25) is 0 Å². The molecule has 26 heavy (non-hydrogen) atoms. The van der Waals surface area contributed by atoms with Crippen LogP contribution in [0, 0.1) is 0 Å². The number of imide groups is 1. The van der Waals surface area contributed by atoms with Gasteiger partial charge in [0.2, 0.25) is 0 Å². The maximum atomic E-state index is 12.4. The summed E-state index contributed by atoms with van der Waals surface area (Å²) in [5.74, 6) is -0.705. The fraction of sp³-hybridized carbons (Fsp3) is 0.0588. The molecule has 3 aromatic rings. The van der Waals surface area contributed by atoms with Crippen LogP contribution in [0.1, 0.15) is 25.7 Å². The molecule has 1 aliphatic heterocycles. The molecular weight excluding hydrogens is 356 g/mol. The number of rotatable bonds is 4. The van der Waals surface area contributed by atoms with E-state index in [-0.39, 0.29) is 16.9 Å². The first-order chi connectivity index (χ1) is 12.5. The number of carbonyl (C=O) groups is 2. The lowest BCUT2D eigenvalue weighted by molar-refractivity contribution is 0.0880. The van der Waals surface area contributed by atoms with Gasteiger partial charge in [-0.3, -0.25) is 24.3 Å². The summed E-state index contributed by atoms with van der Waals surface area (Å²) in [5, 5.41) is 4.85. The molecule has 130 valence electrons.